The van der Waals surface area contributed by atoms with Gasteiger partial charge < -0.3 is 15.5 Å². The fraction of sp³-hybridized carbons (Fsp3) is 0.500. The van der Waals surface area contributed by atoms with E-state index in [4.69, 9.17) is 5.73 Å². The zero-order valence-electron chi connectivity index (χ0n) is 11.2. The van der Waals surface area contributed by atoms with E-state index in [0.29, 0.717) is 32.0 Å². The molecule has 1 aliphatic heterocycles. The van der Waals surface area contributed by atoms with Crippen LogP contribution < -0.4 is 10.6 Å². The SMILES string of the molecule is C[C@@H](N)C(=O)N1CCN(c2ncccc2[N+](=O)[O-])CC1. The molecule has 1 amide bonds. The van der Waals surface area contributed by atoms with E-state index in [1.807, 2.05) is 4.90 Å². The van der Waals surface area contributed by atoms with Gasteiger partial charge in [-0.15, -0.1) is 0 Å². The molecule has 0 spiro atoms. The number of carbonyl (C=O) groups is 1. The lowest BCUT2D eigenvalue weighted by Crippen LogP contribution is -2.52. The van der Waals surface area contributed by atoms with Crippen LogP contribution in [0.1, 0.15) is 6.92 Å². The second-order valence-electron chi connectivity index (χ2n) is 4.70. The van der Waals surface area contributed by atoms with Crippen LogP contribution in [0.25, 0.3) is 0 Å². The molecule has 0 saturated carbocycles. The van der Waals surface area contributed by atoms with Gasteiger partial charge in [0.2, 0.25) is 11.7 Å². The molecule has 1 aliphatic rings. The van der Waals surface area contributed by atoms with Gasteiger partial charge in [0.05, 0.1) is 11.0 Å². The van der Waals surface area contributed by atoms with Gasteiger partial charge in [0.25, 0.3) is 0 Å². The minimum atomic E-state index is -0.522. The summed E-state index contributed by atoms with van der Waals surface area (Å²) in [6.07, 6.45) is 1.53. The Bertz CT molecular complexity index is 512. The number of hydrogen-bond donors (Lipinski definition) is 1. The first kappa shape index (κ1) is 14.2. The summed E-state index contributed by atoms with van der Waals surface area (Å²) in [7, 11) is 0. The van der Waals surface area contributed by atoms with Gasteiger partial charge in [-0.25, -0.2) is 4.98 Å². The van der Waals surface area contributed by atoms with Gasteiger partial charge in [0, 0.05) is 38.4 Å². The average molecular weight is 279 g/mol. The van der Waals surface area contributed by atoms with Crippen molar-refractivity contribution in [3.8, 4) is 0 Å². The summed E-state index contributed by atoms with van der Waals surface area (Å²) in [5, 5.41) is 11.0. The summed E-state index contributed by atoms with van der Waals surface area (Å²) < 4.78 is 0. The normalized spacial score (nSPS) is 16.9. The maximum absolute atomic E-state index is 11.8. The molecule has 1 saturated heterocycles. The Morgan fingerprint density at radius 2 is 2.10 bits per heavy atom. The number of piperazine rings is 1. The molecule has 1 aromatic heterocycles. The zero-order chi connectivity index (χ0) is 14.7. The summed E-state index contributed by atoms with van der Waals surface area (Å²) in [6, 6.07) is 2.45. The highest BCUT2D eigenvalue weighted by Gasteiger charge is 2.27. The van der Waals surface area contributed by atoms with Crippen LogP contribution in [0.3, 0.4) is 0 Å². The van der Waals surface area contributed by atoms with Crippen molar-refractivity contribution in [2.24, 2.45) is 5.73 Å². The molecular formula is C12H17N5O3. The number of pyridine rings is 1. The number of nitrogens with zero attached hydrogens (tertiary/aromatic N) is 4. The van der Waals surface area contributed by atoms with Crippen molar-refractivity contribution in [2.45, 2.75) is 13.0 Å². The highest BCUT2D eigenvalue weighted by molar-refractivity contribution is 5.81. The highest BCUT2D eigenvalue weighted by Crippen LogP contribution is 2.25. The predicted molar refractivity (Wildman–Crippen MR) is 73.3 cm³/mol. The highest BCUT2D eigenvalue weighted by atomic mass is 16.6. The van der Waals surface area contributed by atoms with Crippen LogP contribution in [0.5, 0.6) is 0 Å². The molecule has 8 heteroatoms. The van der Waals surface area contributed by atoms with Gasteiger partial charge in [-0.05, 0) is 13.0 Å². The fourth-order valence-corrected chi connectivity index (χ4v) is 2.20. The minimum absolute atomic E-state index is 0.0144. The molecule has 1 atom stereocenters. The van der Waals surface area contributed by atoms with E-state index < -0.39 is 11.0 Å². The minimum Gasteiger partial charge on any atom is -0.347 e. The molecule has 0 aromatic carbocycles. The van der Waals surface area contributed by atoms with Crippen molar-refractivity contribution in [1.29, 1.82) is 0 Å². The summed E-state index contributed by atoms with van der Waals surface area (Å²) in [4.78, 5) is 29.9. The number of rotatable bonds is 3. The van der Waals surface area contributed by atoms with Gasteiger partial charge in [-0.1, -0.05) is 0 Å². The van der Waals surface area contributed by atoms with E-state index >= 15 is 0 Å². The molecule has 1 fully saturated rings. The average Bonchev–Trinajstić information content (AvgIpc) is 2.46. The van der Waals surface area contributed by atoms with Crippen LogP contribution in [0.4, 0.5) is 11.5 Å². The standard InChI is InChI=1S/C12H17N5O3/c1-9(13)12(18)16-7-5-15(6-8-16)11-10(17(19)20)3-2-4-14-11/h2-4,9H,5-8,13H2,1H3/t9-/m1/s1. The third-order valence-corrected chi connectivity index (χ3v) is 3.24. The number of nitrogens with two attached hydrogens (primary N) is 1. The molecule has 0 radical (unpaired) electrons. The number of carbonyl (C=O) groups excluding carboxylic acids is 1. The van der Waals surface area contributed by atoms with Crippen molar-refractivity contribution >= 4 is 17.4 Å². The van der Waals surface area contributed by atoms with Crippen molar-refractivity contribution in [3.63, 3.8) is 0 Å². The van der Waals surface area contributed by atoms with Gasteiger partial charge in [0.15, 0.2) is 0 Å². The first-order valence-electron chi connectivity index (χ1n) is 6.39. The Kier molecular flexibility index (Phi) is 4.14. The third-order valence-electron chi connectivity index (χ3n) is 3.24. The maximum Gasteiger partial charge on any atom is 0.311 e. The molecule has 108 valence electrons. The maximum atomic E-state index is 11.8. The second kappa shape index (κ2) is 5.83. The first-order valence-corrected chi connectivity index (χ1v) is 6.39. The molecule has 2 rings (SSSR count). The lowest BCUT2D eigenvalue weighted by atomic mass is 10.2. The molecule has 2 N–H and O–H groups in total. The largest absolute Gasteiger partial charge is 0.347 e. The molecule has 20 heavy (non-hydrogen) atoms. The van der Waals surface area contributed by atoms with Crippen LogP contribution in [0.15, 0.2) is 18.3 Å². The van der Waals surface area contributed by atoms with E-state index in [-0.39, 0.29) is 11.6 Å². The van der Waals surface area contributed by atoms with Crippen LogP contribution in [0, 0.1) is 10.1 Å². The fourth-order valence-electron chi connectivity index (χ4n) is 2.20. The van der Waals surface area contributed by atoms with Gasteiger partial charge in [-0.2, -0.15) is 0 Å². The van der Waals surface area contributed by atoms with Crippen LogP contribution in [-0.2, 0) is 4.79 Å². The Morgan fingerprint density at radius 3 is 2.65 bits per heavy atom. The second-order valence-corrected chi connectivity index (χ2v) is 4.70. The smallest absolute Gasteiger partial charge is 0.311 e. The number of nitro groups is 1. The first-order chi connectivity index (χ1) is 9.50. The van der Waals surface area contributed by atoms with E-state index in [1.165, 1.54) is 18.3 Å². The number of anilines is 1. The third kappa shape index (κ3) is 2.85. The monoisotopic (exact) mass is 279 g/mol. The zero-order valence-corrected chi connectivity index (χ0v) is 11.2. The Balaban J connectivity index is 2.08. The number of amides is 1. The molecule has 2 heterocycles. The van der Waals surface area contributed by atoms with Crippen molar-refractivity contribution in [1.82, 2.24) is 9.88 Å². The molecule has 8 nitrogen and oxygen atoms in total. The van der Waals surface area contributed by atoms with E-state index in [9.17, 15) is 14.9 Å². The van der Waals surface area contributed by atoms with E-state index in [2.05, 4.69) is 4.98 Å². The van der Waals surface area contributed by atoms with Gasteiger partial charge >= 0.3 is 5.69 Å². The lowest BCUT2D eigenvalue weighted by Gasteiger charge is -2.35. The van der Waals surface area contributed by atoms with E-state index in [1.54, 1.807) is 11.8 Å². The number of aromatic nitrogens is 1. The van der Waals surface area contributed by atoms with Crippen LogP contribution in [-0.4, -0.2) is 52.9 Å². The van der Waals surface area contributed by atoms with Crippen molar-refractivity contribution in [2.75, 3.05) is 31.1 Å². The summed E-state index contributed by atoms with van der Waals surface area (Å²) in [5.41, 5.74) is 5.56. The summed E-state index contributed by atoms with van der Waals surface area (Å²) in [6.45, 7) is 3.66. The molecular weight excluding hydrogens is 262 g/mol. The van der Waals surface area contributed by atoms with Crippen LogP contribution >= 0.6 is 0 Å². The predicted octanol–water partition coefficient (Wildman–Crippen LogP) is -0.0144. The van der Waals surface area contributed by atoms with Crippen LogP contribution in [0.2, 0.25) is 0 Å². The summed E-state index contributed by atoms with van der Waals surface area (Å²) in [5.74, 6) is 0.255. The Morgan fingerprint density at radius 1 is 1.45 bits per heavy atom. The van der Waals surface area contributed by atoms with E-state index in [0.717, 1.165) is 0 Å². The Labute approximate surface area is 116 Å². The molecule has 0 aliphatic carbocycles. The van der Waals surface area contributed by atoms with Gasteiger partial charge in [-0.3, -0.25) is 14.9 Å². The topological polar surface area (TPSA) is 106 Å². The molecule has 0 unspecified atom stereocenters. The number of hydrogen-bond acceptors (Lipinski definition) is 6. The van der Waals surface area contributed by atoms with Crippen molar-refractivity contribution in [3.05, 3.63) is 28.4 Å². The summed E-state index contributed by atoms with van der Waals surface area (Å²) >= 11 is 0. The molecule has 1 aromatic rings. The quantitative estimate of drug-likeness (QED) is 0.616. The van der Waals surface area contributed by atoms with Gasteiger partial charge in [0.1, 0.15) is 0 Å². The Hall–Kier alpha value is -2.22. The lowest BCUT2D eigenvalue weighted by molar-refractivity contribution is -0.384. The van der Waals surface area contributed by atoms with Crippen molar-refractivity contribution < 1.29 is 9.72 Å². The molecule has 0 bridgehead atoms.